The van der Waals surface area contributed by atoms with E-state index in [2.05, 4.69) is 31.3 Å². The van der Waals surface area contributed by atoms with Crippen LogP contribution in [0.4, 0.5) is 0 Å². The summed E-state index contributed by atoms with van der Waals surface area (Å²) >= 11 is 6.15. The number of ether oxygens (including phenoxy) is 1. The third-order valence-corrected chi connectivity index (χ3v) is 3.76. The van der Waals surface area contributed by atoms with Crippen molar-refractivity contribution >= 4 is 11.6 Å². The fraction of sp³-hybridized carbons (Fsp3) is 0.333. The summed E-state index contributed by atoms with van der Waals surface area (Å²) in [4.78, 5) is 0. The number of benzene rings is 2. The highest BCUT2D eigenvalue weighted by atomic mass is 35.5. The molecule has 0 saturated heterocycles. The van der Waals surface area contributed by atoms with Gasteiger partial charge in [-0.1, -0.05) is 48.9 Å². The lowest BCUT2D eigenvalue weighted by molar-refractivity contribution is 0.193. The lowest BCUT2D eigenvalue weighted by atomic mass is 10.2. The summed E-state index contributed by atoms with van der Waals surface area (Å²) in [5, 5.41) is 4.22. The summed E-state index contributed by atoms with van der Waals surface area (Å²) < 4.78 is 6.02. The first kappa shape index (κ1) is 15.9. The van der Waals surface area contributed by atoms with Crippen LogP contribution in [0.25, 0.3) is 0 Å². The fourth-order valence-electron chi connectivity index (χ4n) is 2.16. The summed E-state index contributed by atoms with van der Waals surface area (Å²) in [6.45, 7) is 5.77. The summed E-state index contributed by atoms with van der Waals surface area (Å²) in [7, 11) is 0. The molecule has 2 rings (SSSR count). The van der Waals surface area contributed by atoms with Gasteiger partial charge in [0, 0.05) is 18.1 Å². The Bertz CT molecular complexity index is 571. The Kier molecular flexibility index (Phi) is 6.09. The van der Waals surface area contributed by atoms with Gasteiger partial charge in [0.05, 0.1) is 0 Å². The van der Waals surface area contributed by atoms with Crippen LogP contribution in [-0.4, -0.2) is 12.6 Å². The molecule has 0 aliphatic rings. The molecule has 2 nitrogen and oxygen atoms in total. The Morgan fingerprint density at radius 3 is 2.67 bits per heavy atom. The van der Waals surface area contributed by atoms with Crippen molar-refractivity contribution in [3.63, 3.8) is 0 Å². The van der Waals surface area contributed by atoms with Crippen LogP contribution in [0.15, 0.2) is 48.5 Å². The molecule has 0 bridgehead atoms. The standard InChI is InChI=1S/C18H22ClNO/c1-3-16(21-17-9-6-7-14(2)11-17)13-20-12-15-8-4-5-10-18(15)19/h4-11,16,20H,3,12-13H2,1-2H3/t16-/m0/s1. The summed E-state index contributed by atoms with van der Waals surface area (Å²) in [6.07, 6.45) is 1.12. The Morgan fingerprint density at radius 1 is 1.14 bits per heavy atom. The van der Waals surface area contributed by atoms with Crippen LogP contribution >= 0.6 is 11.6 Å². The number of aryl methyl sites for hydroxylation is 1. The summed E-state index contributed by atoms with van der Waals surface area (Å²) in [5.74, 6) is 0.932. The van der Waals surface area contributed by atoms with Gasteiger partial charge in [-0.25, -0.2) is 0 Å². The number of rotatable bonds is 7. The smallest absolute Gasteiger partial charge is 0.120 e. The van der Waals surface area contributed by atoms with Gasteiger partial charge in [-0.05, 0) is 42.7 Å². The molecule has 0 fully saturated rings. The minimum Gasteiger partial charge on any atom is -0.489 e. The molecule has 0 unspecified atom stereocenters. The van der Waals surface area contributed by atoms with Crippen LogP contribution in [0, 0.1) is 6.92 Å². The van der Waals surface area contributed by atoms with Crippen LogP contribution in [0.2, 0.25) is 5.02 Å². The molecule has 0 saturated carbocycles. The zero-order chi connectivity index (χ0) is 15.1. The van der Waals surface area contributed by atoms with Gasteiger partial charge in [0.25, 0.3) is 0 Å². The van der Waals surface area contributed by atoms with Gasteiger partial charge in [0.1, 0.15) is 11.9 Å². The molecule has 112 valence electrons. The summed E-state index contributed by atoms with van der Waals surface area (Å²) in [5.41, 5.74) is 2.33. The molecule has 0 aliphatic carbocycles. The monoisotopic (exact) mass is 303 g/mol. The number of hydrogen-bond acceptors (Lipinski definition) is 2. The molecule has 3 heteroatoms. The van der Waals surface area contributed by atoms with Crippen LogP contribution in [0.3, 0.4) is 0 Å². The predicted octanol–water partition coefficient (Wildman–Crippen LogP) is 4.60. The first-order valence-electron chi connectivity index (χ1n) is 7.36. The lowest BCUT2D eigenvalue weighted by Crippen LogP contribution is -2.30. The Hall–Kier alpha value is -1.51. The maximum atomic E-state index is 6.15. The maximum Gasteiger partial charge on any atom is 0.120 e. The Balaban J connectivity index is 1.84. The third kappa shape index (κ3) is 5.07. The molecule has 2 aromatic rings. The van der Waals surface area contributed by atoms with Crippen molar-refractivity contribution in [2.75, 3.05) is 6.54 Å². The van der Waals surface area contributed by atoms with Crippen molar-refractivity contribution < 1.29 is 4.74 Å². The van der Waals surface area contributed by atoms with Crippen LogP contribution in [0.1, 0.15) is 24.5 Å². The van der Waals surface area contributed by atoms with Crippen molar-refractivity contribution in [1.82, 2.24) is 5.32 Å². The van der Waals surface area contributed by atoms with E-state index in [-0.39, 0.29) is 6.10 Å². The molecule has 0 amide bonds. The van der Waals surface area contributed by atoms with E-state index in [0.29, 0.717) is 0 Å². The molecule has 0 heterocycles. The van der Waals surface area contributed by atoms with Crippen LogP contribution < -0.4 is 10.1 Å². The lowest BCUT2D eigenvalue weighted by Gasteiger charge is -2.18. The Labute approximate surface area is 132 Å². The molecule has 1 N–H and O–H groups in total. The van der Waals surface area contributed by atoms with Crippen LogP contribution in [0.5, 0.6) is 5.75 Å². The van der Waals surface area contributed by atoms with E-state index in [4.69, 9.17) is 16.3 Å². The van der Waals surface area contributed by atoms with Gasteiger partial charge < -0.3 is 10.1 Å². The van der Waals surface area contributed by atoms with E-state index in [0.717, 1.165) is 35.8 Å². The van der Waals surface area contributed by atoms with Gasteiger partial charge in [-0.2, -0.15) is 0 Å². The largest absolute Gasteiger partial charge is 0.489 e. The maximum absolute atomic E-state index is 6.15. The molecular weight excluding hydrogens is 282 g/mol. The second-order valence-corrected chi connectivity index (χ2v) is 5.59. The van der Waals surface area contributed by atoms with E-state index in [9.17, 15) is 0 Å². The third-order valence-electron chi connectivity index (χ3n) is 3.39. The van der Waals surface area contributed by atoms with Gasteiger partial charge in [-0.15, -0.1) is 0 Å². The van der Waals surface area contributed by atoms with E-state index < -0.39 is 0 Å². The quantitative estimate of drug-likeness (QED) is 0.807. The first-order valence-corrected chi connectivity index (χ1v) is 7.74. The average molecular weight is 304 g/mol. The molecule has 0 aliphatic heterocycles. The molecule has 0 spiro atoms. The minimum atomic E-state index is 0.161. The first-order chi connectivity index (χ1) is 10.2. The molecular formula is C18H22ClNO. The fourth-order valence-corrected chi connectivity index (χ4v) is 2.36. The molecule has 2 aromatic carbocycles. The van der Waals surface area contributed by atoms with Gasteiger partial charge in [0.15, 0.2) is 0 Å². The minimum absolute atomic E-state index is 0.161. The molecule has 21 heavy (non-hydrogen) atoms. The van der Waals surface area contributed by atoms with Crippen molar-refractivity contribution in [2.24, 2.45) is 0 Å². The highest BCUT2D eigenvalue weighted by Gasteiger charge is 2.08. The second-order valence-electron chi connectivity index (χ2n) is 5.19. The number of hydrogen-bond donors (Lipinski definition) is 1. The zero-order valence-electron chi connectivity index (χ0n) is 12.6. The Morgan fingerprint density at radius 2 is 1.95 bits per heavy atom. The van der Waals surface area contributed by atoms with Crippen molar-refractivity contribution in [1.29, 1.82) is 0 Å². The van der Waals surface area contributed by atoms with Crippen molar-refractivity contribution in [3.05, 3.63) is 64.7 Å². The van der Waals surface area contributed by atoms with E-state index in [1.54, 1.807) is 0 Å². The van der Waals surface area contributed by atoms with Gasteiger partial charge in [0.2, 0.25) is 0 Å². The highest BCUT2D eigenvalue weighted by Crippen LogP contribution is 2.16. The second kappa shape index (κ2) is 8.06. The van der Waals surface area contributed by atoms with E-state index in [1.165, 1.54) is 5.56 Å². The SMILES string of the molecule is CC[C@@H](CNCc1ccccc1Cl)Oc1cccc(C)c1. The zero-order valence-corrected chi connectivity index (χ0v) is 13.4. The van der Waals surface area contributed by atoms with Crippen LogP contribution in [-0.2, 0) is 6.54 Å². The molecule has 1 atom stereocenters. The normalized spacial score (nSPS) is 12.1. The number of nitrogens with one attached hydrogen (secondary N) is 1. The topological polar surface area (TPSA) is 21.3 Å². The summed E-state index contributed by atoms with van der Waals surface area (Å²) in [6, 6.07) is 16.1. The average Bonchev–Trinajstić information content (AvgIpc) is 2.48. The van der Waals surface area contributed by atoms with Gasteiger partial charge in [-0.3, -0.25) is 0 Å². The van der Waals surface area contributed by atoms with Crippen molar-refractivity contribution in [3.8, 4) is 5.75 Å². The predicted molar refractivity (Wildman–Crippen MR) is 89.0 cm³/mol. The van der Waals surface area contributed by atoms with Crippen molar-refractivity contribution in [2.45, 2.75) is 32.9 Å². The van der Waals surface area contributed by atoms with E-state index >= 15 is 0 Å². The number of halogens is 1. The van der Waals surface area contributed by atoms with E-state index in [1.807, 2.05) is 36.4 Å². The molecule has 0 radical (unpaired) electrons. The highest BCUT2D eigenvalue weighted by molar-refractivity contribution is 6.31. The van der Waals surface area contributed by atoms with Gasteiger partial charge >= 0.3 is 0 Å². The molecule has 0 aromatic heterocycles.